The standard InChI is InChI=1S/C17H15N5O3/c1-22(9-11-2-7-14-15(8-11)25-10-24-14)17(23)13-5-3-12(4-6-13)16-18-20-21-19-16/h2-8H,9-10H2,1H3,(H,18,19,20,21). The number of fused-ring (bicyclic) bond motifs is 1. The highest BCUT2D eigenvalue weighted by Crippen LogP contribution is 2.32. The maximum Gasteiger partial charge on any atom is 0.253 e. The summed E-state index contributed by atoms with van der Waals surface area (Å²) in [6, 6.07) is 12.8. The number of aromatic nitrogens is 4. The van der Waals surface area contributed by atoms with E-state index in [1.165, 1.54) is 0 Å². The predicted octanol–water partition coefficient (Wildman–Crippen LogP) is 1.87. The first-order valence-electron chi connectivity index (χ1n) is 7.68. The maximum atomic E-state index is 12.6. The molecular weight excluding hydrogens is 322 g/mol. The zero-order chi connectivity index (χ0) is 17.2. The second kappa shape index (κ2) is 6.23. The van der Waals surface area contributed by atoms with Crippen LogP contribution in [0.4, 0.5) is 0 Å². The molecule has 25 heavy (non-hydrogen) atoms. The van der Waals surface area contributed by atoms with Gasteiger partial charge in [0.05, 0.1) is 0 Å². The number of rotatable bonds is 4. The lowest BCUT2D eigenvalue weighted by Crippen LogP contribution is -2.26. The zero-order valence-corrected chi connectivity index (χ0v) is 13.5. The maximum absolute atomic E-state index is 12.6. The second-order valence-corrected chi connectivity index (χ2v) is 5.66. The third-order valence-electron chi connectivity index (χ3n) is 3.94. The molecule has 8 heteroatoms. The van der Waals surface area contributed by atoms with Gasteiger partial charge in [0, 0.05) is 24.7 Å². The van der Waals surface area contributed by atoms with Crippen molar-refractivity contribution in [2.24, 2.45) is 0 Å². The van der Waals surface area contributed by atoms with E-state index in [4.69, 9.17) is 9.47 Å². The van der Waals surface area contributed by atoms with E-state index in [2.05, 4.69) is 20.6 Å². The van der Waals surface area contributed by atoms with Crippen molar-refractivity contribution in [3.63, 3.8) is 0 Å². The third kappa shape index (κ3) is 3.01. The van der Waals surface area contributed by atoms with Gasteiger partial charge in [0.2, 0.25) is 12.6 Å². The van der Waals surface area contributed by atoms with E-state index in [1.807, 2.05) is 18.2 Å². The van der Waals surface area contributed by atoms with Gasteiger partial charge >= 0.3 is 0 Å². The summed E-state index contributed by atoms with van der Waals surface area (Å²) in [5.74, 6) is 1.86. The highest BCUT2D eigenvalue weighted by Gasteiger charge is 2.16. The van der Waals surface area contributed by atoms with Crippen molar-refractivity contribution in [3.05, 3.63) is 53.6 Å². The molecule has 2 aromatic carbocycles. The van der Waals surface area contributed by atoms with Crippen LogP contribution in [-0.4, -0.2) is 45.3 Å². The fourth-order valence-corrected chi connectivity index (χ4v) is 2.65. The molecule has 1 N–H and O–H groups in total. The van der Waals surface area contributed by atoms with Crippen molar-refractivity contribution < 1.29 is 14.3 Å². The summed E-state index contributed by atoms with van der Waals surface area (Å²) in [6.45, 7) is 0.711. The molecule has 1 aromatic heterocycles. The number of amides is 1. The van der Waals surface area contributed by atoms with Crippen molar-refractivity contribution in [1.29, 1.82) is 0 Å². The Morgan fingerprint density at radius 2 is 1.96 bits per heavy atom. The van der Waals surface area contributed by atoms with Gasteiger partial charge in [-0.25, -0.2) is 0 Å². The summed E-state index contributed by atoms with van der Waals surface area (Å²) in [6.07, 6.45) is 0. The van der Waals surface area contributed by atoms with Gasteiger partial charge in [0.1, 0.15) is 0 Å². The van der Waals surface area contributed by atoms with Crippen LogP contribution in [0.1, 0.15) is 15.9 Å². The molecule has 2 heterocycles. The molecule has 0 saturated carbocycles. The van der Waals surface area contributed by atoms with Crippen molar-refractivity contribution in [1.82, 2.24) is 25.5 Å². The van der Waals surface area contributed by atoms with Gasteiger partial charge in [-0.3, -0.25) is 4.79 Å². The van der Waals surface area contributed by atoms with Crippen molar-refractivity contribution >= 4 is 5.91 Å². The van der Waals surface area contributed by atoms with E-state index in [1.54, 1.807) is 36.2 Å². The Balaban J connectivity index is 1.46. The van der Waals surface area contributed by atoms with Crippen LogP contribution in [0.5, 0.6) is 11.5 Å². The first-order valence-corrected chi connectivity index (χ1v) is 7.68. The van der Waals surface area contributed by atoms with Gasteiger partial charge in [-0.2, -0.15) is 5.21 Å². The number of H-pyrrole nitrogens is 1. The Morgan fingerprint density at radius 1 is 1.16 bits per heavy atom. The zero-order valence-electron chi connectivity index (χ0n) is 13.5. The summed E-state index contributed by atoms with van der Waals surface area (Å²) >= 11 is 0. The lowest BCUT2D eigenvalue weighted by atomic mass is 10.1. The van der Waals surface area contributed by atoms with Gasteiger partial charge in [-0.15, -0.1) is 10.2 Å². The molecule has 0 aliphatic carbocycles. The molecule has 0 saturated heterocycles. The van der Waals surface area contributed by atoms with Crippen LogP contribution in [-0.2, 0) is 6.54 Å². The lowest BCUT2D eigenvalue weighted by molar-refractivity contribution is 0.0785. The van der Waals surface area contributed by atoms with E-state index in [9.17, 15) is 4.79 Å². The van der Waals surface area contributed by atoms with Crippen molar-refractivity contribution in [3.8, 4) is 22.9 Å². The van der Waals surface area contributed by atoms with Gasteiger partial charge < -0.3 is 14.4 Å². The molecule has 0 spiro atoms. The molecule has 4 rings (SSSR count). The minimum Gasteiger partial charge on any atom is -0.454 e. The molecular formula is C17H15N5O3. The van der Waals surface area contributed by atoms with Crippen LogP contribution in [0.15, 0.2) is 42.5 Å². The fraction of sp³-hybridized carbons (Fsp3) is 0.176. The molecule has 1 aliphatic rings. The van der Waals surface area contributed by atoms with E-state index >= 15 is 0 Å². The van der Waals surface area contributed by atoms with Crippen molar-refractivity contribution in [2.75, 3.05) is 13.8 Å². The predicted molar refractivity (Wildman–Crippen MR) is 88.0 cm³/mol. The van der Waals surface area contributed by atoms with Crippen LogP contribution in [0, 0.1) is 0 Å². The molecule has 0 radical (unpaired) electrons. The molecule has 8 nitrogen and oxygen atoms in total. The number of hydrogen-bond acceptors (Lipinski definition) is 6. The average molecular weight is 337 g/mol. The highest BCUT2D eigenvalue weighted by atomic mass is 16.7. The number of ether oxygens (including phenoxy) is 2. The molecule has 0 unspecified atom stereocenters. The Bertz CT molecular complexity index is 893. The summed E-state index contributed by atoms with van der Waals surface area (Å²) in [4.78, 5) is 14.3. The highest BCUT2D eigenvalue weighted by molar-refractivity contribution is 5.94. The number of nitrogens with one attached hydrogen (secondary N) is 1. The smallest absolute Gasteiger partial charge is 0.253 e. The summed E-state index contributed by atoms with van der Waals surface area (Å²) < 4.78 is 10.7. The summed E-state index contributed by atoms with van der Waals surface area (Å²) in [7, 11) is 1.76. The molecule has 0 fully saturated rings. The van der Waals surface area contributed by atoms with E-state index in [0.717, 1.165) is 16.9 Å². The molecule has 1 amide bonds. The van der Waals surface area contributed by atoms with E-state index in [0.29, 0.717) is 23.7 Å². The number of benzene rings is 2. The Morgan fingerprint density at radius 3 is 2.72 bits per heavy atom. The van der Waals surface area contributed by atoms with Crippen LogP contribution in [0.2, 0.25) is 0 Å². The van der Waals surface area contributed by atoms with E-state index < -0.39 is 0 Å². The number of hydrogen-bond donors (Lipinski definition) is 1. The minimum absolute atomic E-state index is 0.0719. The Hall–Kier alpha value is -3.42. The quantitative estimate of drug-likeness (QED) is 0.781. The first-order chi connectivity index (χ1) is 12.2. The molecule has 3 aromatic rings. The number of carbonyl (C=O) groups excluding carboxylic acids is 1. The van der Waals surface area contributed by atoms with Crippen LogP contribution in [0.25, 0.3) is 11.4 Å². The van der Waals surface area contributed by atoms with Crippen molar-refractivity contribution in [2.45, 2.75) is 6.54 Å². The molecule has 1 aliphatic heterocycles. The number of tetrazole rings is 1. The van der Waals surface area contributed by atoms with Gasteiger partial charge in [0.25, 0.3) is 5.91 Å². The average Bonchev–Trinajstić information content (AvgIpc) is 3.32. The normalized spacial score (nSPS) is 12.2. The largest absolute Gasteiger partial charge is 0.454 e. The first kappa shape index (κ1) is 15.1. The SMILES string of the molecule is CN(Cc1ccc2c(c1)OCO2)C(=O)c1ccc(-c2nn[nH]n2)cc1. The van der Waals surface area contributed by atoms with Crippen LogP contribution < -0.4 is 9.47 Å². The summed E-state index contributed by atoms with van der Waals surface area (Å²) in [5, 5.41) is 13.8. The molecule has 0 bridgehead atoms. The van der Waals surface area contributed by atoms with E-state index in [-0.39, 0.29) is 12.7 Å². The number of nitrogens with zero attached hydrogens (tertiary/aromatic N) is 4. The molecule has 0 atom stereocenters. The third-order valence-corrected chi connectivity index (χ3v) is 3.94. The summed E-state index contributed by atoms with van der Waals surface area (Å²) in [5.41, 5.74) is 2.36. The van der Waals surface area contributed by atoms with Gasteiger partial charge in [0.15, 0.2) is 11.5 Å². The number of aromatic amines is 1. The minimum atomic E-state index is -0.0719. The topological polar surface area (TPSA) is 93.2 Å². The Kier molecular flexibility index (Phi) is 3.77. The second-order valence-electron chi connectivity index (χ2n) is 5.66. The molecule has 126 valence electrons. The fourth-order valence-electron chi connectivity index (χ4n) is 2.65. The van der Waals surface area contributed by atoms with Gasteiger partial charge in [-0.05, 0) is 35.0 Å². The number of carbonyl (C=O) groups is 1. The van der Waals surface area contributed by atoms with Gasteiger partial charge in [-0.1, -0.05) is 18.2 Å². The monoisotopic (exact) mass is 337 g/mol. The Labute approximate surface area is 143 Å². The van der Waals surface area contributed by atoms with Crippen LogP contribution >= 0.6 is 0 Å². The lowest BCUT2D eigenvalue weighted by Gasteiger charge is -2.17. The van der Waals surface area contributed by atoms with Crippen LogP contribution in [0.3, 0.4) is 0 Å².